The van der Waals surface area contributed by atoms with E-state index in [0.717, 1.165) is 0 Å². The highest BCUT2D eigenvalue weighted by molar-refractivity contribution is 5.84. The summed E-state index contributed by atoms with van der Waals surface area (Å²) in [6.07, 6.45) is -4.67. The van der Waals surface area contributed by atoms with E-state index in [1.165, 1.54) is 0 Å². The van der Waals surface area contributed by atoms with Crippen molar-refractivity contribution < 1.29 is 27.9 Å². The smallest absolute Gasteiger partial charge is 0.471 e. The molecule has 4 nitrogen and oxygen atoms in total. The van der Waals surface area contributed by atoms with Crippen LogP contribution < -0.4 is 5.32 Å². The molecule has 1 aliphatic carbocycles. The highest BCUT2D eigenvalue weighted by Crippen LogP contribution is 2.51. The quantitative estimate of drug-likeness (QED) is 0.745. The second-order valence-corrected chi connectivity index (χ2v) is 3.75. The van der Waals surface area contributed by atoms with Gasteiger partial charge in [-0.15, -0.1) is 0 Å². The molecule has 0 aromatic carbocycles. The van der Waals surface area contributed by atoms with Gasteiger partial charge in [0.15, 0.2) is 0 Å². The molecule has 0 heterocycles. The van der Waals surface area contributed by atoms with Crippen LogP contribution in [0.3, 0.4) is 0 Å². The molecule has 2 atom stereocenters. The lowest BCUT2D eigenvalue weighted by Crippen LogP contribution is -2.42. The molecule has 2 N–H and O–H groups in total. The lowest BCUT2D eigenvalue weighted by molar-refractivity contribution is -0.174. The number of nitrogens with one attached hydrogen (secondary N) is 1. The van der Waals surface area contributed by atoms with Gasteiger partial charge in [0.25, 0.3) is 0 Å². The lowest BCUT2D eigenvalue weighted by atomic mass is 10.1. The number of aliphatic carboxylic acids is 1. The average molecular weight is 225 g/mol. The van der Waals surface area contributed by atoms with Crippen LogP contribution in [-0.4, -0.2) is 29.7 Å². The minimum Gasteiger partial charge on any atom is -0.481 e. The van der Waals surface area contributed by atoms with E-state index in [4.69, 9.17) is 5.11 Å². The number of amides is 1. The van der Waals surface area contributed by atoms with Crippen molar-refractivity contribution in [3.63, 3.8) is 0 Å². The summed E-state index contributed by atoms with van der Waals surface area (Å²) in [5, 5.41) is 10.3. The fourth-order valence-corrected chi connectivity index (χ4v) is 1.45. The van der Waals surface area contributed by atoms with Gasteiger partial charge in [0, 0.05) is 6.54 Å². The third-order valence-electron chi connectivity index (χ3n) is 2.70. The summed E-state index contributed by atoms with van der Waals surface area (Å²) in [7, 11) is 0. The zero-order valence-corrected chi connectivity index (χ0v) is 7.89. The minimum atomic E-state index is -4.96. The van der Waals surface area contributed by atoms with Crippen LogP contribution in [0.5, 0.6) is 0 Å². The van der Waals surface area contributed by atoms with Crippen LogP contribution in [0.1, 0.15) is 13.3 Å². The topological polar surface area (TPSA) is 66.4 Å². The standard InChI is InChI=1S/C8H10F3NO3/c1-4-2-7(4,6(14)15)3-12-5(13)8(9,10)11/h4H,2-3H2,1H3,(H,12,13)(H,14,15)/t4-,7+/m1/s1. The Morgan fingerprint density at radius 1 is 1.53 bits per heavy atom. The Bertz CT molecular complexity index is 302. The van der Waals surface area contributed by atoms with Gasteiger partial charge in [-0.05, 0) is 12.3 Å². The van der Waals surface area contributed by atoms with E-state index in [1.54, 1.807) is 12.2 Å². The van der Waals surface area contributed by atoms with Gasteiger partial charge in [-0.2, -0.15) is 13.2 Å². The maximum Gasteiger partial charge on any atom is 0.471 e. The molecule has 0 unspecified atom stereocenters. The van der Waals surface area contributed by atoms with E-state index < -0.39 is 30.0 Å². The molecule has 1 saturated carbocycles. The molecule has 0 radical (unpaired) electrons. The van der Waals surface area contributed by atoms with Crippen LogP contribution >= 0.6 is 0 Å². The van der Waals surface area contributed by atoms with Crippen LogP contribution in [-0.2, 0) is 9.59 Å². The first-order chi connectivity index (χ1) is 6.70. The molecule has 0 aromatic rings. The average Bonchev–Trinajstić information content (AvgIpc) is 2.72. The summed E-state index contributed by atoms with van der Waals surface area (Å²) in [5.41, 5.74) is -1.21. The first-order valence-corrected chi connectivity index (χ1v) is 4.28. The van der Waals surface area contributed by atoms with Gasteiger partial charge in [0.2, 0.25) is 0 Å². The van der Waals surface area contributed by atoms with E-state index in [9.17, 15) is 22.8 Å². The predicted octanol–water partition coefficient (Wildman–Crippen LogP) is 0.776. The summed E-state index contributed by atoms with van der Waals surface area (Å²) in [6.45, 7) is 1.15. The maximum atomic E-state index is 11.8. The van der Waals surface area contributed by atoms with Gasteiger partial charge in [-0.25, -0.2) is 0 Å². The summed E-state index contributed by atoms with van der Waals surface area (Å²) in [5.74, 6) is -3.47. The molecule has 7 heteroatoms. The molecule has 0 bridgehead atoms. The molecule has 0 aromatic heterocycles. The number of carboxylic acid groups (broad SMARTS) is 1. The van der Waals surface area contributed by atoms with E-state index in [1.807, 2.05) is 0 Å². The number of hydrogen-bond donors (Lipinski definition) is 2. The number of carbonyl (C=O) groups excluding carboxylic acids is 1. The second kappa shape index (κ2) is 3.39. The van der Waals surface area contributed by atoms with Crippen LogP contribution in [0.25, 0.3) is 0 Å². The Morgan fingerprint density at radius 2 is 2.00 bits per heavy atom. The Kier molecular flexibility index (Phi) is 2.67. The summed E-state index contributed by atoms with van der Waals surface area (Å²) >= 11 is 0. The first-order valence-electron chi connectivity index (χ1n) is 4.28. The van der Waals surface area contributed by atoms with Crippen molar-refractivity contribution >= 4 is 11.9 Å². The zero-order valence-electron chi connectivity index (χ0n) is 7.89. The molecule has 0 aliphatic heterocycles. The second-order valence-electron chi connectivity index (χ2n) is 3.75. The molecule has 1 fully saturated rings. The summed E-state index contributed by atoms with van der Waals surface area (Å²) in [4.78, 5) is 21.2. The molecular formula is C8H10F3NO3. The lowest BCUT2D eigenvalue weighted by Gasteiger charge is -2.13. The SMILES string of the molecule is C[C@@H]1C[C@@]1(CNC(=O)C(F)(F)F)C(=O)O. The highest BCUT2D eigenvalue weighted by Gasteiger charge is 2.58. The van der Waals surface area contributed by atoms with Crippen molar-refractivity contribution in [1.82, 2.24) is 5.32 Å². The number of rotatable bonds is 3. The molecule has 0 spiro atoms. The van der Waals surface area contributed by atoms with Gasteiger partial charge in [-0.3, -0.25) is 9.59 Å². The monoisotopic (exact) mass is 225 g/mol. The highest BCUT2D eigenvalue weighted by atomic mass is 19.4. The largest absolute Gasteiger partial charge is 0.481 e. The Labute approximate surface area is 83.5 Å². The molecule has 1 amide bonds. The molecule has 86 valence electrons. The van der Waals surface area contributed by atoms with Gasteiger partial charge >= 0.3 is 18.1 Å². The predicted molar refractivity (Wildman–Crippen MR) is 42.9 cm³/mol. The third kappa shape index (κ3) is 2.21. The van der Waals surface area contributed by atoms with Crippen molar-refractivity contribution in [1.29, 1.82) is 0 Å². The minimum absolute atomic E-state index is 0.205. The first kappa shape index (κ1) is 11.8. The maximum absolute atomic E-state index is 11.8. The van der Waals surface area contributed by atoms with E-state index >= 15 is 0 Å². The van der Waals surface area contributed by atoms with Gasteiger partial charge in [-0.1, -0.05) is 6.92 Å². The number of carbonyl (C=O) groups is 2. The summed E-state index contributed by atoms with van der Waals surface area (Å²) in [6, 6.07) is 0. The van der Waals surface area contributed by atoms with Crippen LogP contribution in [0.2, 0.25) is 0 Å². The molecule has 15 heavy (non-hydrogen) atoms. The van der Waals surface area contributed by atoms with Gasteiger partial charge in [0.05, 0.1) is 5.41 Å². The van der Waals surface area contributed by atoms with Crippen molar-refractivity contribution in [3.05, 3.63) is 0 Å². The third-order valence-corrected chi connectivity index (χ3v) is 2.70. The normalized spacial score (nSPS) is 29.7. The number of halogens is 3. The fraction of sp³-hybridized carbons (Fsp3) is 0.750. The molecule has 0 saturated heterocycles. The Hall–Kier alpha value is -1.27. The molecule has 1 rings (SSSR count). The zero-order chi connectivity index (χ0) is 11.9. The van der Waals surface area contributed by atoms with Crippen LogP contribution in [0, 0.1) is 11.3 Å². The number of hydrogen-bond acceptors (Lipinski definition) is 2. The molecule has 1 aliphatic rings. The van der Waals surface area contributed by atoms with E-state index in [-0.39, 0.29) is 5.92 Å². The van der Waals surface area contributed by atoms with Gasteiger partial charge in [0.1, 0.15) is 0 Å². The Morgan fingerprint density at radius 3 is 2.27 bits per heavy atom. The molecular weight excluding hydrogens is 215 g/mol. The van der Waals surface area contributed by atoms with Crippen molar-refractivity contribution in [2.24, 2.45) is 11.3 Å². The van der Waals surface area contributed by atoms with Crippen molar-refractivity contribution in [2.45, 2.75) is 19.5 Å². The Balaban J connectivity index is 2.51. The van der Waals surface area contributed by atoms with E-state index in [0.29, 0.717) is 6.42 Å². The number of alkyl halides is 3. The number of carboxylic acids is 1. The van der Waals surface area contributed by atoms with Crippen molar-refractivity contribution in [3.8, 4) is 0 Å². The fourth-order valence-electron chi connectivity index (χ4n) is 1.45. The summed E-state index contributed by atoms with van der Waals surface area (Å²) < 4.78 is 35.4. The van der Waals surface area contributed by atoms with E-state index in [2.05, 4.69) is 0 Å². The van der Waals surface area contributed by atoms with Crippen molar-refractivity contribution in [2.75, 3.05) is 6.54 Å². The van der Waals surface area contributed by atoms with Crippen LogP contribution in [0.15, 0.2) is 0 Å². The van der Waals surface area contributed by atoms with Crippen LogP contribution in [0.4, 0.5) is 13.2 Å². The van der Waals surface area contributed by atoms with Gasteiger partial charge < -0.3 is 10.4 Å².